The van der Waals surface area contributed by atoms with Crippen LogP contribution >= 0.6 is 23.2 Å². The number of alkyl halides is 1. The highest BCUT2D eigenvalue weighted by Crippen LogP contribution is 2.13. The summed E-state index contributed by atoms with van der Waals surface area (Å²) in [6.45, 7) is 3.50. The summed E-state index contributed by atoms with van der Waals surface area (Å²) in [5.41, 5.74) is 1.73. The van der Waals surface area contributed by atoms with Crippen molar-refractivity contribution in [2.75, 3.05) is 5.88 Å². The minimum atomic E-state index is -0.141. The monoisotopic (exact) mass is 326 g/mol. The van der Waals surface area contributed by atoms with Gasteiger partial charge in [0.1, 0.15) is 11.6 Å². The molecule has 2 aromatic rings. The highest BCUT2D eigenvalue weighted by molar-refractivity contribution is 6.30. The van der Waals surface area contributed by atoms with Gasteiger partial charge in [0.25, 0.3) is 0 Å². The number of hydrogen-bond acceptors (Lipinski definition) is 3. The van der Waals surface area contributed by atoms with Gasteiger partial charge in [0.05, 0.1) is 19.3 Å². The third-order valence-corrected chi connectivity index (χ3v) is 3.45. The van der Waals surface area contributed by atoms with Crippen LogP contribution in [0.25, 0.3) is 0 Å². The zero-order valence-electron chi connectivity index (χ0n) is 11.7. The molecule has 0 aliphatic rings. The highest BCUT2D eigenvalue weighted by atomic mass is 35.5. The minimum Gasteiger partial charge on any atom is -0.331 e. The standard InChI is InChI=1S/C14H16Cl2N4O/c1-2-20-17-8-13(18-20)10-19(14(21)7-15)9-11-3-5-12(16)6-4-11/h3-6,8H,2,7,9-10H2,1H3. The van der Waals surface area contributed by atoms with E-state index in [2.05, 4.69) is 10.2 Å². The first-order chi connectivity index (χ1) is 10.1. The van der Waals surface area contributed by atoms with Gasteiger partial charge in [-0.3, -0.25) is 4.79 Å². The summed E-state index contributed by atoms with van der Waals surface area (Å²) >= 11 is 11.5. The van der Waals surface area contributed by atoms with Crippen molar-refractivity contribution >= 4 is 29.1 Å². The van der Waals surface area contributed by atoms with E-state index in [9.17, 15) is 4.79 Å². The Balaban J connectivity index is 2.10. The molecule has 0 atom stereocenters. The second-order valence-electron chi connectivity index (χ2n) is 4.53. The lowest BCUT2D eigenvalue weighted by atomic mass is 10.2. The molecule has 1 amide bonds. The van der Waals surface area contributed by atoms with Crippen LogP contribution in [0.1, 0.15) is 18.2 Å². The van der Waals surface area contributed by atoms with Crippen LogP contribution in [-0.2, 0) is 24.4 Å². The largest absolute Gasteiger partial charge is 0.331 e. The van der Waals surface area contributed by atoms with Gasteiger partial charge in [-0.05, 0) is 24.6 Å². The van der Waals surface area contributed by atoms with Crippen molar-refractivity contribution in [2.45, 2.75) is 26.6 Å². The van der Waals surface area contributed by atoms with Crippen LogP contribution in [0.3, 0.4) is 0 Å². The summed E-state index contributed by atoms with van der Waals surface area (Å²) in [6, 6.07) is 7.38. The molecule has 2 rings (SSSR count). The van der Waals surface area contributed by atoms with Crippen molar-refractivity contribution in [2.24, 2.45) is 0 Å². The van der Waals surface area contributed by atoms with E-state index in [1.54, 1.807) is 28.0 Å². The fraction of sp³-hybridized carbons (Fsp3) is 0.357. The number of rotatable bonds is 6. The molecule has 0 bridgehead atoms. The molecule has 112 valence electrons. The molecular formula is C14H16Cl2N4O. The zero-order chi connectivity index (χ0) is 15.2. The summed E-state index contributed by atoms with van der Waals surface area (Å²) in [5, 5.41) is 9.06. The lowest BCUT2D eigenvalue weighted by molar-refractivity contribution is -0.129. The van der Waals surface area contributed by atoms with Crippen LogP contribution in [0.15, 0.2) is 30.5 Å². The first-order valence-electron chi connectivity index (χ1n) is 6.59. The lowest BCUT2D eigenvalue weighted by Crippen LogP contribution is -2.31. The number of aromatic nitrogens is 3. The van der Waals surface area contributed by atoms with E-state index in [1.165, 1.54) is 0 Å². The van der Waals surface area contributed by atoms with Crippen molar-refractivity contribution in [1.29, 1.82) is 0 Å². The number of benzene rings is 1. The Bertz CT molecular complexity index is 597. The number of hydrogen-bond donors (Lipinski definition) is 0. The van der Waals surface area contributed by atoms with Gasteiger partial charge in [0.2, 0.25) is 5.91 Å². The minimum absolute atomic E-state index is 0.0600. The summed E-state index contributed by atoms with van der Waals surface area (Å²) in [5.74, 6) is -0.201. The molecule has 0 saturated heterocycles. The Morgan fingerprint density at radius 1 is 1.29 bits per heavy atom. The molecule has 0 fully saturated rings. The summed E-state index contributed by atoms with van der Waals surface area (Å²) in [6.07, 6.45) is 1.67. The molecule has 0 unspecified atom stereocenters. The topological polar surface area (TPSA) is 51.0 Å². The number of carbonyl (C=O) groups excluding carboxylic acids is 1. The number of nitrogens with zero attached hydrogens (tertiary/aromatic N) is 4. The highest BCUT2D eigenvalue weighted by Gasteiger charge is 2.15. The molecular weight excluding hydrogens is 311 g/mol. The van der Waals surface area contributed by atoms with Crippen molar-refractivity contribution < 1.29 is 4.79 Å². The third kappa shape index (κ3) is 4.44. The van der Waals surface area contributed by atoms with Crippen LogP contribution < -0.4 is 0 Å². The lowest BCUT2D eigenvalue weighted by Gasteiger charge is -2.20. The average molecular weight is 327 g/mol. The fourth-order valence-corrected chi connectivity index (χ4v) is 2.18. The van der Waals surface area contributed by atoms with Crippen molar-refractivity contribution in [3.05, 3.63) is 46.7 Å². The van der Waals surface area contributed by atoms with Crippen molar-refractivity contribution in [3.8, 4) is 0 Å². The predicted molar refractivity (Wildman–Crippen MR) is 82.1 cm³/mol. The van der Waals surface area contributed by atoms with Gasteiger partial charge in [0, 0.05) is 11.6 Å². The van der Waals surface area contributed by atoms with Crippen LogP contribution in [0.5, 0.6) is 0 Å². The van der Waals surface area contributed by atoms with Crippen LogP contribution in [-0.4, -0.2) is 31.7 Å². The molecule has 0 radical (unpaired) electrons. The van der Waals surface area contributed by atoms with Gasteiger partial charge in [-0.15, -0.1) is 11.6 Å². The number of aryl methyl sites for hydroxylation is 1. The Morgan fingerprint density at radius 3 is 2.57 bits per heavy atom. The number of halogens is 2. The second-order valence-corrected chi connectivity index (χ2v) is 5.24. The van der Waals surface area contributed by atoms with E-state index < -0.39 is 0 Å². The van der Waals surface area contributed by atoms with E-state index >= 15 is 0 Å². The normalized spacial score (nSPS) is 10.6. The molecule has 0 aliphatic carbocycles. The summed E-state index contributed by atoms with van der Waals surface area (Å²) in [7, 11) is 0. The van der Waals surface area contributed by atoms with Crippen LogP contribution in [0.2, 0.25) is 5.02 Å². The quantitative estimate of drug-likeness (QED) is 0.767. The molecule has 1 aromatic heterocycles. The van der Waals surface area contributed by atoms with Crippen molar-refractivity contribution in [3.63, 3.8) is 0 Å². The molecule has 1 heterocycles. The summed E-state index contributed by atoms with van der Waals surface area (Å²) < 4.78 is 0. The van der Waals surface area contributed by atoms with Gasteiger partial charge in [-0.25, -0.2) is 0 Å². The molecule has 0 saturated carbocycles. The van der Waals surface area contributed by atoms with Gasteiger partial charge in [0.15, 0.2) is 0 Å². The molecule has 0 aliphatic heterocycles. The smallest absolute Gasteiger partial charge is 0.238 e. The molecule has 5 nitrogen and oxygen atoms in total. The van der Waals surface area contributed by atoms with Gasteiger partial charge in [-0.1, -0.05) is 23.7 Å². The zero-order valence-corrected chi connectivity index (χ0v) is 13.2. The second kappa shape index (κ2) is 7.43. The maximum atomic E-state index is 12.0. The Hall–Kier alpha value is -1.59. The maximum Gasteiger partial charge on any atom is 0.238 e. The average Bonchev–Trinajstić information content (AvgIpc) is 2.95. The third-order valence-electron chi connectivity index (χ3n) is 2.97. The molecule has 7 heteroatoms. The van der Waals surface area contributed by atoms with Gasteiger partial charge in [-0.2, -0.15) is 15.0 Å². The predicted octanol–water partition coefficient (Wildman–Crippen LogP) is 2.72. The van der Waals surface area contributed by atoms with Gasteiger partial charge >= 0.3 is 0 Å². The first kappa shape index (κ1) is 15.8. The SMILES string of the molecule is CCn1ncc(CN(Cc2ccc(Cl)cc2)C(=O)CCl)n1. The fourth-order valence-electron chi connectivity index (χ4n) is 1.88. The van der Waals surface area contributed by atoms with Crippen LogP contribution in [0.4, 0.5) is 0 Å². The molecule has 0 spiro atoms. The molecule has 0 N–H and O–H groups in total. The Morgan fingerprint density at radius 2 is 2.00 bits per heavy atom. The number of carbonyl (C=O) groups is 1. The summed E-state index contributed by atoms with van der Waals surface area (Å²) in [4.78, 5) is 15.2. The van der Waals surface area contributed by atoms with Crippen LogP contribution in [0, 0.1) is 0 Å². The van der Waals surface area contributed by atoms with Gasteiger partial charge < -0.3 is 4.90 Å². The maximum absolute atomic E-state index is 12.0. The van der Waals surface area contributed by atoms with Crippen molar-refractivity contribution in [1.82, 2.24) is 19.9 Å². The van der Waals surface area contributed by atoms with E-state index in [-0.39, 0.29) is 11.8 Å². The van der Waals surface area contributed by atoms with E-state index in [4.69, 9.17) is 23.2 Å². The Labute approximate surface area is 133 Å². The molecule has 21 heavy (non-hydrogen) atoms. The molecule has 1 aromatic carbocycles. The van der Waals surface area contributed by atoms with E-state index in [0.717, 1.165) is 11.3 Å². The van der Waals surface area contributed by atoms with E-state index in [0.29, 0.717) is 24.7 Å². The van der Waals surface area contributed by atoms with E-state index in [1.807, 2.05) is 19.1 Å². The first-order valence-corrected chi connectivity index (χ1v) is 7.50. The number of amides is 1. The Kier molecular flexibility index (Phi) is 5.59.